The molecule has 12 N–H and O–H groups in total. The number of anilines is 8. The number of halogens is 2. The first-order valence-electron chi connectivity index (χ1n) is 20.5. The van der Waals surface area contributed by atoms with Gasteiger partial charge in [0.1, 0.15) is 11.6 Å². The molecule has 0 fully saturated rings. The van der Waals surface area contributed by atoms with Crippen LogP contribution in [0.3, 0.4) is 0 Å². The Kier molecular flexibility index (Phi) is 21.9. The summed E-state index contributed by atoms with van der Waals surface area (Å²) in [6.45, 7) is 9.31. The van der Waals surface area contributed by atoms with E-state index in [0.29, 0.717) is 67.1 Å². The van der Waals surface area contributed by atoms with Crippen LogP contribution < -0.4 is 48.3 Å². The second-order valence-electron chi connectivity index (χ2n) is 14.0. The average Bonchev–Trinajstić information content (AvgIpc) is 3.80. The number of unbranched alkanes of at least 4 members (excludes halogenated alkanes) is 1. The predicted octanol–water partition coefficient (Wildman–Crippen LogP) is 7.70. The van der Waals surface area contributed by atoms with Crippen LogP contribution in [0.4, 0.5) is 55.9 Å². The first-order chi connectivity index (χ1) is 30.6. The Hall–Kier alpha value is -6.03. The van der Waals surface area contributed by atoms with Crippen molar-refractivity contribution in [3.8, 4) is 0 Å². The first-order valence-corrected chi connectivity index (χ1v) is 22.1. The van der Waals surface area contributed by atoms with Gasteiger partial charge in [0.2, 0.25) is 11.9 Å². The van der Waals surface area contributed by atoms with Crippen molar-refractivity contribution >= 4 is 90.2 Å². The van der Waals surface area contributed by atoms with Gasteiger partial charge in [0.05, 0.1) is 35.1 Å². The summed E-state index contributed by atoms with van der Waals surface area (Å²) < 4.78 is 6.64. The third-order valence-corrected chi connectivity index (χ3v) is 9.93. The smallest absolute Gasteiger partial charge is 0.319 e. The number of nitrogens with two attached hydrogens (primary N) is 1. The maximum absolute atomic E-state index is 11.9. The average molecular weight is 996 g/mol. The number of benzene rings is 2. The summed E-state index contributed by atoms with van der Waals surface area (Å²) in [7, 11) is 0. The molecule has 0 bridgehead atoms. The summed E-state index contributed by atoms with van der Waals surface area (Å²) in [6, 6.07) is 14.0. The van der Waals surface area contributed by atoms with Gasteiger partial charge in [0, 0.05) is 79.6 Å². The topological polar surface area (TPSA) is 266 Å². The molecule has 0 aliphatic heterocycles. The molecular weight excluding hydrogens is 938 g/mol. The van der Waals surface area contributed by atoms with Crippen LogP contribution in [0.2, 0.25) is 0 Å². The van der Waals surface area contributed by atoms with Crippen LogP contribution in [0.1, 0.15) is 45.7 Å². The Bertz CT molecular complexity index is 2140. The lowest BCUT2D eigenvalue weighted by Gasteiger charge is -2.13. The molecule has 0 radical (unpaired) electrons. The van der Waals surface area contributed by atoms with Crippen LogP contribution in [0, 0.1) is 5.92 Å². The summed E-state index contributed by atoms with van der Waals surface area (Å²) in [5.74, 6) is 2.72. The molecule has 0 saturated heterocycles. The van der Waals surface area contributed by atoms with Gasteiger partial charge in [0.25, 0.3) is 0 Å². The SMILES string of the molecule is CCCCNC(=O)Nc1ccc(Nc2ncc(Br)c(NCC/C(=C/N)C(C)C)n2)cc1.O=C(NCCOCCO)Nc1ccc(Nc2ncc(Br)c(NCCc3cnc[nH]3)n2)cc1. The molecule has 2 aromatic carbocycles. The monoisotopic (exact) mass is 993 g/mol. The van der Waals surface area contributed by atoms with E-state index in [-0.39, 0.29) is 25.3 Å². The molecule has 4 amide bonds. The largest absolute Gasteiger partial charge is 0.405 e. The summed E-state index contributed by atoms with van der Waals surface area (Å²) in [6.07, 6.45) is 12.1. The predicted molar refractivity (Wildman–Crippen MR) is 257 cm³/mol. The number of aromatic amines is 1. The Morgan fingerprint density at radius 2 is 1.32 bits per heavy atom. The van der Waals surface area contributed by atoms with E-state index in [1.807, 2.05) is 36.4 Å². The van der Waals surface area contributed by atoms with Crippen molar-refractivity contribution in [3.05, 3.63) is 99.9 Å². The van der Waals surface area contributed by atoms with Crippen LogP contribution >= 0.6 is 31.9 Å². The van der Waals surface area contributed by atoms with E-state index in [1.54, 1.807) is 43.3 Å². The van der Waals surface area contributed by atoms with Gasteiger partial charge in [0.15, 0.2) is 0 Å². The van der Waals surface area contributed by atoms with Gasteiger partial charge in [-0.2, -0.15) is 9.97 Å². The van der Waals surface area contributed by atoms with Crippen molar-refractivity contribution in [2.45, 2.75) is 46.5 Å². The molecule has 338 valence electrons. The number of carbonyl (C=O) groups excluding carboxylic acids is 2. The maximum Gasteiger partial charge on any atom is 0.319 e. The molecule has 63 heavy (non-hydrogen) atoms. The fraction of sp³-hybridized carbons (Fsp3) is 0.357. The number of aliphatic hydroxyl groups is 1. The lowest BCUT2D eigenvalue weighted by Crippen LogP contribution is -2.31. The number of hydrogen-bond acceptors (Lipinski definition) is 14. The van der Waals surface area contributed by atoms with E-state index >= 15 is 0 Å². The summed E-state index contributed by atoms with van der Waals surface area (Å²) in [5.41, 5.74) is 10.9. The highest BCUT2D eigenvalue weighted by Gasteiger charge is 2.10. The number of amides is 4. The summed E-state index contributed by atoms with van der Waals surface area (Å²) >= 11 is 6.94. The molecule has 0 aliphatic rings. The van der Waals surface area contributed by atoms with E-state index in [1.165, 1.54) is 5.57 Å². The van der Waals surface area contributed by atoms with Crippen LogP contribution in [-0.4, -0.2) is 93.1 Å². The number of hydrogen-bond donors (Lipinski definition) is 11. The van der Waals surface area contributed by atoms with Crippen LogP contribution in [0.5, 0.6) is 0 Å². The first kappa shape index (κ1) is 49.6. The third kappa shape index (κ3) is 18.9. The van der Waals surface area contributed by atoms with Crippen LogP contribution in [0.25, 0.3) is 0 Å². The third-order valence-electron chi connectivity index (χ3n) is 8.77. The number of urea groups is 2. The van der Waals surface area contributed by atoms with Crippen molar-refractivity contribution in [2.24, 2.45) is 11.7 Å². The number of aromatic nitrogens is 6. The minimum Gasteiger partial charge on any atom is -0.405 e. The van der Waals surface area contributed by atoms with Gasteiger partial charge < -0.3 is 63.1 Å². The molecule has 5 rings (SSSR count). The molecule has 3 heterocycles. The molecule has 0 spiro atoms. The Morgan fingerprint density at radius 3 is 1.81 bits per heavy atom. The minimum absolute atomic E-state index is 0.0400. The zero-order valence-electron chi connectivity index (χ0n) is 35.6. The van der Waals surface area contributed by atoms with Crippen molar-refractivity contribution < 1.29 is 19.4 Å². The molecule has 0 atom stereocenters. The number of nitrogens with one attached hydrogen (secondary N) is 9. The van der Waals surface area contributed by atoms with Gasteiger partial charge in [-0.3, -0.25) is 0 Å². The fourth-order valence-electron chi connectivity index (χ4n) is 5.39. The van der Waals surface area contributed by atoms with Gasteiger partial charge in [-0.15, -0.1) is 0 Å². The van der Waals surface area contributed by atoms with Gasteiger partial charge in [-0.05, 0) is 105 Å². The zero-order chi connectivity index (χ0) is 45.2. The van der Waals surface area contributed by atoms with Crippen molar-refractivity contribution in [1.82, 2.24) is 40.5 Å². The number of carbonyl (C=O) groups is 2. The fourth-order valence-corrected chi connectivity index (χ4v) is 6.06. The Labute approximate surface area is 384 Å². The van der Waals surface area contributed by atoms with E-state index in [9.17, 15) is 9.59 Å². The van der Waals surface area contributed by atoms with Crippen molar-refractivity contribution in [3.63, 3.8) is 0 Å². The van der Waals surface area contributed by atoms with Crippen LogP contribution in [-0.2, 0) is 11.2 Å². The molecule has 3 aromatic heterocycles. The quantitative estimate of drug-likeness (QED) is 0.0280. The Balaban J connectivity index is 0.000000277. The molecule has 0 unspecified atom stereocenters. The highest BCUT2D eigenvalue weighted by Crippen LogP contribution is 2.25. The number of H-pyrrole nitrogens is 1. The van der Waals surface area contributed by atoms with Gasteiger partial charge in [-0.25, -0.2) is 24.5 Å². The molecule has 5 aromatic rings. The number of imidazole rings is 1. The van der Waals surface area contributed by atoms with Crippen molar-refractivity contribution in [1.29, 1.82) is 0 Å². The summed E-state index contributed by atoms with van der Waals surface area (Å²) in [4.78, 5) is 48.4. The molecule has 19 nitrogen and oxygen atoms in total. The van der Waals surface area contributed by atoms with E-state index < -0.39 is 0 Å². The molecular formula is C42H57Br2N15O4. The van der Waals surface area contributed by atoms with Crippen LogP contribution in [0.15, 0.2) is 94.2 Å². The molecule has 0 aliphatic carbocycles. The van der Waals surface area contributed by atoms with Gasteiger partial charge >= 0.3 is 12.1 Å². The molecule has 0 saturated carbocycles. The van der Waals surface area contributed by atoms with E-state index in [4.69, 9.17) is 15.6 Å². The number of aliphatic hydroxyl groups excluding tert-OH is 1. The van der Waals surface area contributed by atoms with Gasteiger partial charge in [-0.1, -0.05) is 32.8 Å². The lowest BCUT2D eigenvalue weighted by molar-refractivity contribution is 0.0950. The van der Waals surface area contributed by atoms with Crippen molar-refractivity contribution in [2.75, 3.05) is 77.9 Å². The second kappa shape index (κ2) is 27.8. The van der Waals surface area contributed by atoms with E-state index in [0.717, 1.165) is 58.2 Å². The standard InChI is InChI=1S/C22H32BrN7O.C20H25BrN8O3/c1-4-5-11-26-22(31)29-18-8-6-17(7-9-18)28-21-27-14-19(23)20(30-21)25-12-10-16(13-24)15(2)3;21-17-12-25-19(29-18(17)23-6-5-16-11-22-13-26-16)27-14-1-3-15(4-2-14)28-20(31)24-7-9-32-10-8-30/h6-9,13-15H,4-5,10-12,24H2,1-3H3,(H2,26,29,31)(H2,25,27,28,30);1-4,11-13,30H,5-10H2,(H,22,26)(H2,24,28,31)(H2,23,25,27,29)/b16-13-;. The van der Waals surface area contributed by atoms with E-state index in [2.05, 4.69) is 125 Å². The highest BCUT2D eigenvalue weighted by molar-refractivity contribution is 9.11. The molecule has 21 heteroatoms. The minimum atomic E-state index is -0.333. The number of rotatable bonds is 23. The lowest BCUT2D eigenvalue weighted by atomic mass is 10.0. The zero-order valence-corrected chi connectivity index (χ0v) is 38.8. The highest BCUT2D eigenvalue weighted by atomic mass is 79.9. The normalized spacial score (nSPS) is 10.9. The maximum atomic E-state index is 11.9. The number of ether oxygens (including phenoxy) is 1. The Morgan fingerprint density at radius 1 is 0.778 bits per heavy atom. The summed E-state index contributed by atoms with van der Waals surface area (Å²) in [5, 5.41) is 32.6. The number of nitrogens with zero attached hydrogens (tertiary/aromatic N) is 5. The second-order valence-corrected chi connectivity index (χ2v) is 15.7.